The second kappa shape index (κ2) is 6.95. The van der Waals surface area contributed by atoms with Crippen molar-refractivity contribution in [3.8, 4) is 11.5 Å². The number of carboxylic acids is 1. The predicted octanol–water partition coefficient (Wildman–Crippen LogP) is 0.0398. The van der Waals surface area contributed by atoms with Gasteiger partial charge in [0.25, 0.3) is 0 Å². The molecule has 0 spiro atoms. The lowest BCUT2D eigenvalue weighted by molar-refractivity contribution is 0.0653. The zero-order chi connectivity index (χ0) is 15.2. The summed E-state index contributed by atoms with van der Waals surface area (Å²) in [6.07, 6.45) is 3.32. The molecule has 0 saturated heterocycles. The zero-order valence-corrected chi connectivity index (χ0v) is 11.9. The van der Waals surface area contributed by atoms with E-state index in [1.807, 2.05) is 0 Å². The third-order valence-corrected chi connectivity index (χ3v) is 2.85. The van der Waals surface area contributed by atoms with Gasteiger partial charge in [-0.3, -0.25) is 0 Å². The smallest absolute Gasteiger partial charge is 0.358 e. The molecule has 0 amide bonds. The zero-order valence-electron chi connectivity index (χ0n) is 11.9. The maximum atomic E-state index is 11.3. The summed E-state index contributed by atoms with van der Waals surface area (Å²) in [5, 5.41) is 16.8. The number of aromatic carboxylic acids is 1. The first-order valence-electron chi connectivity index (χ1n) is 6.36. The van der Waals surface area contributed by atoms with Gasteiger partial charge >= 0.3 is 5.97 Å². The molecule has 0 saturated carbocycles. The number of methoxy groups -OCH3 is 1. The molecule has 1 N–H and O–H groups in total. The fraction of sp³-hybridized carbons (Fsp3) is 0.500. The largest absolute Gasteiger partial charge is 0.476 e. The summed E-state index contributed by atoms with van der Waals surface area (Å²) in [6, 6.07) is 0. The van der Waals surface area contributed by atoms with Crippen LogP contribution in [0.25, 0.3) is 11.5 Å². The van der Waals surface area contributed by atoms with Crippen LogP contribution in [0.1, 0.15) is 10.5 Å². The van der Waals surface area contributed by atoms with Crippen LogP contribution in [-0.4, -0.2) is 62.6 Å². The quantitative estimate of drug-likeness (QED) is 0.685. The maximum Gasteiger partial charge on any atom is 0.358 e. The SMILES string of the molecule is COCCOCCn1nnc(C(=O)O)c1-c1nccn1C. The molecule has 0 aliphatic rings. The Hall–Kier alpha value is -2.26. The first-order chi connectivity index (χ1) is 10.1. The molecule has 0 fully saturated rings. The fourth-order valence-electron chi connectivity index (χ4n) is 1.82. The molecule has 21 heavy (non-hydrogen) atoms. The van der Waals surface area contributed by atoms with E-state index in [2.05, 4.69) is 15.3 Å². The van der Waals surface area contributed by atoms with Gasteiger partial charge in [-0.05, 0) is 0 Å². The van der Waals surface area contributed by atoms with E-state index in [9.17, 15) is 9.90 Å². The second-order valence-corrected chi connectivity index (χ2v) is 4.28. The van der Waals surface area contributed by atoms with Crippen molar-refractivity contribution >= 4 is 5.97 Å². The van der Waals surface area contributed by atoms with Crippen molar-refractivity contribution in [2.45, 2.75) is 6.54 Å². The van der Waals surface area contributed by atoms with Crippen LogP contribution in [0.3, 0.4) is 0 Å². The number of carboxylic acid groups (broad SMARTS) is 1. The highest BCUT2D eigenvalue weighted by atomic mass is 16.5. The highest BCUT2D eigenvalue weighted by Crippen LogP contribution is 2.19. The number of rotatable bonds is 8. The molecule has 0 bridgehead atoms. The third kappa shape index (κ3) is 3.44. The minimum Gasteiger partial charge on any atom is -0.476 e. The van der Waals surface area contributed by atoms with Crippen molar-refractivity contribution in [1.29, 1.82) is 0 Å². The Morgan fingerprint density at radius 1 is 1.38 bits per heavy atom. The molecule has 0 radical (unpaired) electrons. The maximum absolute atomic E-state index is 11.3. The summed E-state index contributed by atoms with van der Waals surface area (Å²) in [5.74, 6) is -0.645. The highest BCUT2D eigenvalue weighted by molar-refractivity contribution is 5.91. The number of ether oxygens (including phenoxy) is 2. The van der Waals surface area contributed by atoms with Gasteiger partial charge < -0.3 is 19.1 Å². The Morgan fingerprint density at radius 3 is 2.81 bits per heavy atom. The third-order valence-electron chi connectivity index (χ3n) is 2.85. The van der Waals surface area contributed by atoms with Crippen molar-refractivity contribution in [2.24, 2.45) is 7.05 Å². The molecule has 2 rings (SSSR count). The molecule has 0 atom stereocenters. The molecule has 0 unspecified atom stereocenters. The number of aryl methyl sites for hydroxylation is 1. The summed E-state index contributed by atoms with van der Waals surface area (Å²) in [5.41, 5.74) is 0.242. The van der Waals surface area contributed by atoms with E-state index in [-0.39, 0.29) is 5.69 Å². The molecular weight excluding hydrogens is 278 g/mol. The number of hydrogen-bond donors (Lipinski definition) is 1. The monoisotopic (exact) mass is 295 g/mol. The van der Waals surface area contributed by atoms with Gasteiger partial charge in [-0.1, -0.05) is 5.21 Å². The average molecular weight is 295 g/mol. The molecule has 0 aromatic carbocycles. The van der Waals surface area contributed by atoms with Crippen LogP contribution in [0.5, 0.6) is 0 Å². The van der Waals surface area contributed by atoms with Crippen LogP contribution >= 0.6 is 0 Å². The number of carbonyl (C=O) groups is 1. The van der Waals surface area contributed by atoms with E-state index in [0.717, 1.165) is 0 Å². The van der Waals surface area contributed by atoms with E-state index >= 15 is 0 Å². The number of imidazole rings is 1. The Morgan fingerprint density at radius 2 is 2.19 bits per heavy atom. The molecule has 114 valence electrons. The Balaban J connectivity index is 2.18. The van der Waals surface area contributed by atoms with E-state index in [0.29, 0.717) is 37.9 Å². The van der Waals surface area contributed by atoms with Gasteiger partial charge in [0.1, 0.15) is 5.69 Å². The van der Waals surface area contributed by atoms with E-state index in [1.165, 1.54) is 4.68 Å². The lowest BCUT2D eigenvalue weighted by atomic mass is 10.3. The van der Waals surface area contributed by atoms with Crippen LogP contribution in [0.4, 0.5) is 0 Å². The van der Waals surface area contributed by atoms with Crippen molar-refractivity contribution in [3.05, 3.63) is 18.1 Å². The van der Waals surface area contributed by atoms with Crippen molar-refractivity contribution in [1.82, 2.24) is 24.5 Å². The fourth-order valence-corrected chi connectivity index (χ4v) is 1.82. The summed E-state index contributed by atoms with van der Waals surface area (Å²) in [4.78, 5) is 15.4. The van der Waals surface area contributed by atoms with Crippen LogP contribution < -0.4 is 0 Å². The van der Waals surface area contributed by atoms with Crippen molar-refractivity contribution < 1.29 is 19.4 Å². The molecule has 2 aromatic rings. The Labute approximate surface area is 121 Å². The van der Waals surface area contributed by atoms with Crippen molar-refractivity contribution in [2.75, 3.05) is 26.9 Å². The molecule has 9 nitrogen and oxygen atoms in total. The van der Waals surface area contributed by atoms with E-state index in [1.54, 1.807) is 31.1 Å². The number of nitrogens with zero attached hydrogens (tertiary/aromatic N) is 5. The topological polar surface area (TPSA) is 104 Å². The molecule has 9 heteroatoms. The normalized spacial score (nSPS) is 11.0. The van der Waals surface area contributed by atoms with Gasteiger partial charge in [0.15, 0.2) is 5.82 Å². The second-order valence-electron chi connectivity index (χ2n) is 4.28. The molecule has 2 heterocycles. The molecule has 2 aromatic heterocycles. The molecular formula is C12H17N5O4. The average Bonchev–Trinajstić information content (AvgIpc) is 3.04. The van der Waals surface area contributed by atoms with Gasteiger partial charge in [-0.2, -0.15) is 0 Å². The first-order valence-corrected chi connectivity index (χ1v) is 6.36. The summed E-state index contributed by atoms with van der Waals surface area (Å²) in [7, 11) is 3.37. The lowest BCUT2D eigenvalue weighted by Gasteiger charge is -2.07. The van der Waals surface area contributed by atoms with Gasteiger partial charge in [0.2, 0.25) is 5.69 Å². The Kier molecular flexibility index (Phi) is 5.01. The summed E-state index contributed by atoms with van der Waals surface area (Å²) in [6.45, 7) is 1.73. The first kappa shape index (κ1) is 15.1. The Bertz CT molecular complexity index is 607. The number of aromatic nitrogens is 5. The minimum absolute atomic E-state index is 0.124. The molecule has 0 aliphatic heterocycles. The van der Waals surface area contributed by atoms with E-state index in [4.69, 9.17) is 9.47 Å². The highest BCUT2D eigenvalue weighted by Gasteiger charge is 2.23. The van der Waals surface area contributed by atoms with Crippen LogP contribution in [0.2, 0.25) is 0 Å². The van der Waals surface area contributed by atoms with Gasteiger partial charge in [-0.15, -0.1) is 5.10 Å². The van der Waals surface area contributed by atoms with Crippen LogP contribution in [0.15, 0.2) is 12.4 Å². The standard InChI is InChI=1S/C12H17N5O4/c1-16-4-3-13-11(16)10-9(12(18)19)14-15-17(10)5-6-21-8-7-20-2/h3-4H,5-8H2,1-2H3,(H,18,19). The lowest BCUT2D eigenvalue weighted by Crippen LogP contribution is -2.13. The van der Waals surface area contributed by atoms with Gasteiger partial charge in [0.05, 0.1) is 26.4 Å². The van der Waals surface area contributed by atoms with Crippen LogP contribution in [-0.2, 0) is 23.1 Å². The van der Waals surface area contributed by atoms with Crippen LogP contribution in [0, 0.1) is 0 Å². The summed E-state index contributed by atoms with van der Waals surface area (Å²) >= 11 is 0. The summed E-state index contributed by atoms with van der Waals surface area (Å²) < 4.78 is 13.4. The van der Waals surface area contributed by atoms with Gasteiger partial charge in [-0.25, -0.2) is 14.5 Å². The minimum atomic E-state index is -1.14. The molecule has 0 aliphatic carbocycles. The van der Waals surface area contributed by atoms with E-state index < -0.39 is 5.97 Å². The predicted molar refractivity (Wildman–Crippen MR) is 71.9 cm³/mol. The van der Waals surface area contributed by atoms with Gasteiger partial charge in [0, 0.05) is 26.6 Å². The number of hydrogen-bond acceptors (Lipinski definition) is 6. The van der Waals surface area contributed by atoms with Crippen molar-refractivity contribution in [3.63, 3.8) is 0 Å².